The molecule has 9 rings (SSSR count). The molecule has 0 heterocycles. The predicted molar refractivity (Wildman–Crippen MR) is 411 cm³/mol. The molecule has 8 bridgehead atoms. The fraction of sp³-hybridized carbons (Fsp3) is 0.364. The van der Waals surface area contributed by atoms with Gasteiger partial charge in [-0.1, -0.05) is 253 Å². The number of nitrogens with one attached hydrogen (secondary N) is 4. The molecule has 4 amide bonds. The van der Waals surface area contributed by atoms with Gasteiger partial charge in [0.05, 0.1) is 28.4 Å². The van der Waals surface area contributed by atoms with Crippen LogP contribution in [0.1, 0.15) is 196 Å². The van der Waals surface area contributed by atoms with E-state index in [1.807, 2.05) is 48.5 Å². The lowest BCUT2D eigenvalue weighted by Gasteiger charge is -2.29. The average molecular weight is 1470 g/mol. The minimum absolute atomic E-state index is 0.0323. The summed E-state index contributed by atoms with van der Waals surface area (Å²) in [4.78, 5) is 113. The Morgan fingerprint density at radius 2 is 0.435 bits per heavy atom. The van der Waals surface area contributed by atoms with Gasteiger partial charge in [0.25, 0.3) is 23.6 Å². The molecule has 20 nitrogen and oxygen atoms in total. The Hall–Kier alpha value is -11.3. The quantitative estimate of drug-likeness (QED) is 0.0324. The lowest BCUT2D eigenvalue weighted by molar-refractivity contribution is -0.145. The summed E-state index contributed by atoms with van der Waals surface area (Å²) in [6, 6.07) is 46.3. The molecule has 8 aromatic rings. The fourth-order valence-corrected chi connectivity index (χ4v) is 12.9. The zero-order valence-corrected chi connectivity index (χ0v) is 64.7. The summed E-state index contributed by atoms with van der Waals surface area (Å²) in [5.74, 6) is -4.26. The van der Waals surface area contributed by atoms with Crippen molar-refractivity contribution in [3.63, 3.8) is 0 Å². The molecule has 0 radical (unpaired) electrons. The smallest absolute Gasteiger partial charge is 0.333 e. The monoisotopic (exact) mass is 1470 g/mol. The van der Waals surface area contributed by atoms with Crippen molar-refractivity contribution < 1.29 is 76.3 Å². The van der Waals surface area contributed by atoms with Crippen LogP contribution in [0, 0.1) is 0 Å². The normalized spacial score (nSPS) is 13.3. The third-order valence-electron chi connectivity index (χ3n) is 18.8. The molecule has 0 aromatic heterocycles. The maximum absolute atomic E-state index is 14.7. The third-order valence-corrected chi connectivity index (χ3v) is 18.8. The molecule has 2 unspecified atom stereocenters. The predicted octanol–water partition coefficient (Wildman–Crippen LogP) is 13.2. The molecular weight excluding hydrogens is 1370 g/mol. The van der Waals surface area contributed by atoms with Crippen LogP contribution in [0.5, 0.6) is 23.0 Å². The van der Waals surface area contributed by atoms with Crippen molar-refractivity contribution >= 4 is 47.5 Å². The molecule has 0 saturated heterocycles. The molecule has 8 aromatic carbocycles. The summed E-state index contributed by atoms with van der Waals surface area (Å²) in [5.41, 5.74) is 7.85. The number of hydrogen-bond donors (Lipinski definition) is 4. The number of methoxy groups -OCH3 is 4. The second kappa shape index (κ2) is 35.0. The van der Waals surface area contributed by atoms with Crippen LogP contribution in [-0.2, 0) is 105 Å². The highest BCUT2D eigenvalue weighted by Gasteiger charge is 2.34. The lowest BCUT2D eigenvalue weighted by atomic mass is 9.79. The van der Waals surface area contributed by atoms with E-state index in [9.17, 15) is 38.4 Å². The largest absolute Gasteiger partial charge is 0.483 e. The molecule has 108 heavy (non-hydrogen) atoms. The van der Waals surface area contributed by atoms with E-state index < -0.39 is 120 Å². The second-order valence-electron chi connectivity index (χ2n) is 31.1. The van der Waals surface area contributed by atoms with Crippen molar-refractivity contribution in [2.75, 3.05) is 54.9 Å². The van der Waals surface area contributed by atoms with E-state index >= 15 is 0 Å². The van der Waals surface area contributed by atoms with Crippen molar-refractivity contribution in [2.45, 2.75) is 155 Å². The zero-order valence-electron chi connectivity index (χ0n) is 64.7. The Morgan fingerprint density at radius 3 is 0.574 bits per heavy atom. The molecule has 1 aliphatic carbocycles. The van der Waals surface area contributed by atoms with Gasteiger partial charge in [0.15, 0.2) is 50.6 Å². The summed E-state index contributed by atoms with van der Waals surface area (Å²) >= 11 is 0. The Morgan fingerprint density at radius 1 is 0.278 bits per heavy atom. The van der Waals surface area contributed by atoms with E-state index in [-0.39, 0.29) is 25.7 Å². The molecule has 4 atom stereocenters. The summed E-state index contributed by atoms with van der Waals surface area (Å²) in [5, 5.41) is 11.4. The van der Waals surface area contributed by atoms with Crippen molar-refractivity contribution in [1.29, 1.82) is 0 Å². The minimum atomic E-state index is -1.20. The van der Waals surface area contributed by atoms with E-state index in [1.54, 1.807) is 121 Å². The summed E-state index contributed by atoms with van der Waals surface area (Å²) in [7, 11) is 4.97. The average Bonchev–Trinajstić information content (AvgIpc) is 0.760. The molecule has 20 heteroatoms. The van der Waals surface area contributed by atoms with Gasteiger partial charge in [0, 0.05) is 25.7 Å². The number of hydrogen-bond acceptors (Lipinski definition) is 16. The topological polar surface area (TPSA) is 259 Å². The van der Waals surface area contributed by atoms with Gasteiger partial charge in [-0.3, -0.25) is 19.2 Å². The SMILES string of the molecule is COC(=O)C(NC(=O)COc1c2cc(C(C)(C)C)cc1Cc1cc(C(C)(C)C)cc(c1OCC(=O)N[C@@H](C(=O)OC)c1ccccc1)Cc1cc(C(C)(C)C)cc(c1OCC(=O)N[C@@H](C(=O)OC)c1ccccc1)Cc1cc(C(C)(C)C)cc(c1OCC(=O)NC(C(=O)OC)c1ccccc1)C2)c1ccccc1. The highest BCUT2D eigenvalue weighted by atomic mass is 16.5. The zero-order chi connectivity index (χ0) is 78.4. The highest BCUT2D eigenvalue weighted by molar-refractivity contribution is 5.89. The number of carbonyl (C=O) groups excluding carboxylic acids is 8. The standard InChI is InChI=1S/C88H100N4O16/c1-85(2,3)65-41-57-37-59-43-66(86(4,5)6)45-61(78(59)106-50-70(94)90-74(82(98)102-14)54-31-23-18-24-32-54)39-63-47-68(88(10,11)12)48-64(80(63)108-52-72(96)92-76(84(100)104-16)56-35-27-20-28-36-56)40-62-46-67(87(7,8)9)44-60(79(62)107-51-71(95)91-75(83(99)103-15)55-33-25-19-26-34-55)38-58(42-65)77(57)105-49-69(93)89-73(81(97)101-13)53-29-21-17-22-30-53/h17-36,41-48,73-76H,37-40,49-52H2,1-16H3,(H,89,93)(H,90,94)(H,91,95)(H,92,96)/t73-,74-,75?,76?/m1/s1. The fourth-order valence-electron chi connectivity index (χ4n) is 12.9. The van der Waals surface area contributed by atoms with Crippen LogP contribution in [-0.4, -0.2) is 102 Å². The van der Waals surface area contributed by atoms with Crippen LogP contribution >= 0.6 is 0 Å². The summed E-state index contributed by atoms with van der Waals surface area (Å²) in [6.45, 7) is 22.6. The van der Waals surface area contributed by atoms with Crippen molar-refractivity contribution in [2.24, 2.45) is 0 Å². The van der Waals surface area contributed by atoms with Gasteiger partial charge in [-0.05, 0) is 111 Å². The first kappa shape index (κ1) is 80.8. The number of benzene rings is 8. The Labute approximate surface area is 633 Å². The van der Waals surface area contributed by atoms with Crippen LogP contribution in [0.25, 0.3) is 0 Å². The number of carbonyl (C=O) groups is 8. The first-order valence-corrected chi connectivity index (χ1v) is 36.0. The maximum atomic E-state index is 14.7. The Bertz CT molecular complexity index is 3900. The molecule has 0 aliphatic heterocycles. The third kappa shape index (κ3) is 20.7. The number of rotatable bonds is 24. The summed E-state index contributed by atoms with van der Waals surface area (Å²) < 4.78 is 48.9. The van der Waals surface area contributed by atoms with Crippen LogP contribution in [0.3, 0.4) is 0 Å². The first-order chi connectivity index (χ1) is 51.2. The van der Waals surface area contributed by atoms with E-state index in [1.165, 1.54) is 28.4 Å². The Kier molecular flexibility index (Phi) is 26.2. The van der Waals surface area contributed by atoms with Crippen LogP contribution in [0.4, 0.5) is 0 Å². The second-order valence-corrected chi connectivity index (χ2v) is 31.1. The van der Waals surface area contributed by atoms with Crippen molar-refractivity contribution in [1.82, 2.24) is 21.3 Å². The molecule has 0 saturated carbocycles. The molecule has 4 N–H and O–H groups in total. The first-order valence-electron chi connectivity index (χ1n) is 36.0. The number of esters is 4. The highest BCUT2D eigenvalue weighted by Crippen LogP contribution is 2.45. The molecule has 1 aliphatic rings. The van der Waals surface area contributed by atoms with E-state index in [0.29, 0.717) is 89.8 Å². The number of amides is 4. The van der Waals surface area contributed by atoms with Crippen molar-refractivity contribution in [3.8, 4) is 23.0 Å². The molecule has 568 valence electrons. The van der Waals surface area contributed by atoms with Gasteiger partial charge in [0.2, 0.25) is 0 Å². The van der Waals surface area contributed by atoms with Gasteiger partial charge in [0.1, 0.15) is 23.0 Å². The van der Waals surface area contributed by atoms with Crippen LogP contribution in [0.15, 0.2) is 170 Å². The van der Waals surface area contributed by atoms with Gasteiger partial charge in [-0.25, -0.2) is 19.2 Å². The van der Waals surface area contributed by atoms with Gasteiger partial charge < -0.3 is 59.2 Å². The van der Waals surface area contributed by atoms with Crippen LogP contribution in [0.2, 0.25) is 0 Å². The molecular formula is C88H100N4O16. The van der Waals surface area contributed by atoms with Gasteiger partial charge in [-0.2, -0.15) is 0 Å². The summed E-state index contributed by atoms with van der Waals surface area (Å²) in [6.07, 6.45) is 0.129. The van der Waals surface area contributed by atoms with E-state index in [0.717, 1.165) is 22.3 Å². The van der Waals surface area contributed by atoms with Gasteiger partial charge >= 0.3 is 23.9 Å². The van der Waals surface area contributed by atoms with Crippen LogP contribution < -0.4 is 40.2 Å². The maximum Gasteiger partial charge on any atom is 0.333 e. The van der Waals surface area contributed by atoms with E-state index in [2.05, 4.69) is 104 Å². The molecule has 0 spiro atoms. The number of fused-ring (bicyclic) bond motifs is 8. The number of ether oxygens (including phenoxy) is 8. The molecule has 0 fully saturated rings. The van der Waals surface area contributed by atoms with Crippen molar-refractivity contribution in [3.05, 3.63) is 259 Å². The van der Waals surface area contributed by atoms with E-state index in [4.69, 9.17) is 37.9 Å². The van der Waals surface area contributed by atoms with Gasteiger partial charge in [-0.15, -0.1) is 0 Å². The minimum Gasteiger partial charge on any atom is -0.483 e. The lowest BCUT2D eigenvalue weighted by Crippen LogP contribution is -2.37. The Balaban J connectivity index is 1.34.